The number of urea groups is 1. The van der Waals surface area contributed by atoms with Crippen molar-refractivity contribution < 1.29 is 19.4 Å². The minimum Gasteiger partial charge on any atom is -0.504 e. The molecule has 3 rings (SSSR count). The van der Waals surface area contributed by atoms with Gasteiger partial charge in [-0.15, -0.1) is 0 Å². The van der Waals surface area contributed by atoms with Crippen LogP contribution >= 0.6 is 0 Å². The number of methoxy groups -OCH3 is 1. The van der Waals surface area contributed by atoms with Gasteiger partial charge in [0.15, 0.2) is 11.5 Å². The van der Waals surface area contributed by atoms with Crippen molar-refractivity contribution in [3.63, 3.8) is 0 Å². The van der Waals surface area contributed by atoms with E-state index in [0.717, 1.165) is 31.5 Å². The monoisotopic (exact) mass is 361 g/mol. The Labute approximate surface area is 153 Å². The summed E-state index contributed by atoms with van der Waals surface area (Å²) in [5.41, 5.74) is 0.870. The summed E-state index contributed by atoms with van der Waals surface area (Å²) in [4.78, 5) is 28.6. The van der Waals surface area contributed by atoms with E-state index in [4.69, 9.17) is 4.74 Å². The maximum Gasteiger partial charge on any atom is 0.319 e. The summed E-state index contributed by atoms with van der Waals surface area (Å²) < 4.78 is 5.08. The smallest absolute Gasteiger partial charge is 0.319 e. The van der Waals surface area contributed by atoms with Crippen molar-refractivity contribution in [1.82, 2.24) is 15.1 Å². The number of hydrogen-bond acceptors (Lipinski definition) is 4. The Balaban J connectivity index is 1.45. The third-order valence-electron chi connectivity index (χ3n) is 5.22. The summed E-state index contributed by atoms with van der Waals surface area (Å²) >= 11 is 0. The van der Waals surface area contributed by atoms with Crippen LogP contribution in [0, 0.1) is 5.92 Å². The lowest BCUT2D eigenvalue weighted by Gasteiger charge is -2.34. The predicted octanol–water partition coefficient (Wildman–Crippen LogP) is 1.94. The van der Waals surface area contributed by atoms with Crippen molar-refractivity contribution in [2.24, 2.45) is 5.92 Å². The van der Waals surface area contributed by atoms with Crippen molar-refractivity contribution in [1.29, 1.82) is 0 Å². The zero-order valence-electron chi connectivity index (χ0n) is 15.2. The molecule has 0 aromatic heterocycles. The zero-order chi connectivity index (χ0) is 18.5. The van der Waals surface area contributed by atoms with Crippen molar-refractivity contribution in [3.05, 3.63) is 23.8 Å². The average molecular weight is 361 g/mol. The molecule has 7 heteroatoms. The van der Waals surface area contributed by atoms with Crippen molar-refractivity contribution in [3.8, 4) is 11.5 Å². The lowest BCUT2D eigenvalue weighted by atomic mass is 9.96. The van der Waals surface area contributed by atoms with Gasteiger partial charge in [0.25, 0.3) is 0 Å². The number of amides is 3. The summed E-state index contributed by atoms with van der Waals surface area (Å²) in [6.07, 6.45) is 3.58. The number of nitrogens with zero attached hydrogens (tertiary/aromatic N) is 2. The van der Waals surface area contributed by atoms with Gasteiger partial charge in [-0.1, -0.05) is 6.07 Å². The van der Waals surface area contributed by atoms with Gasteiger partial charge in [-0.25, -0.2) is 4.79 Å². The van der Waals surface area contributed by atoms with Crippen LogP contribution in [0.5, 0.6) is 11.5 Å². The van der Waals surface area contributed by atoms with Gasteiger partial charge in [-0.3, -0.25) is 4.79 Å². The van der Waals surface area contributed by atoms with E-state index in [2.05, 4.69) is 5.32 Å². The van der Waals surface area contributed by atoms with E-state index in [0.29, 0.717) is 38.2 Å². The number of piperidine rings is 1. The van der Waals surface area contributed by atoms with E-state index in [9.17, 15) is 14.7 Å². The number of nitrogens with one attached hydrogen (secondary N) is 1. The number of carbonyl (C=O) groups excluding carboxylic acids is 2. The minimum atomic E-state index is -0.0587. The van der Waals surface area contributed by atoms with Gasteiger partial charge in [0.1, 0.15) is 0 Å². The van der Waals surface area contributed by atoms with Crippen LogP contribution in [0.25, 0.3) is 0 Å². The first kappa shape index (κ1) is 18.4. The third kappa shape index (κ3) is 4.20. The van der Waals surface area contributed by atoms with Gasteiger partial charge in [-0.2, -0.15) is 0 Å². The van der Waals surface area contributed by atoms with Crippen LogP contribution in [0.15, 0.2) is 18.2 Å². The normalized spacial score (nSPS) is 18.0. The number of phenolic OH excluding ortho intramolecular Hbond substituents is 1. The Bertz CT molecular complexity index is 650. The van der Waals surface area contributed by atoms with E-state index < -0.39 is 0 Å². The molecule has 0 bridgehead atoms. The summed E-state index contributed by atoms with van der Waals surface area (Å²) in [5, 5.41) is 12.6. The number of rotatable bonds is 4. The minimum absolute atomic E-state index is 0.0188. The van der Waals surface area contributed by atoms with Crippen LogP contribution in [0.2, 0.25) is 0 Å². The molecule has 0 saturated carbocycles. The summed E-state index contributed by atoms with van der Waals surface area (Å²) in [7, 11) is 1.49. The number of aromatic hydroxyl groups is 1. The van der Waals surface area contributed by atoms with Crippen molar-refractivity contribution >= 4 is 11.9 Å². The number of phenols is 1. The third-order valence-corrected chi connectivity index (χ3v) is 5.22. The van der Waals surface area contributed by atoms with E-state index in [1.54, 1.807) is 18.2 Å². The van der Waals surface area contributed by atoms with Gasteiger partial charge < -0.3 is 25.0 Å². The fourth-order valence-electron chi connectivity index (χ4n) is 3.61. The summed E-state index contributed by atoms with van der Waals surface area (Å²) in [6, 6.07) is 5.16. The Morgan fingerprint density at radius 2 is 1.81 bits per heavy atom. The molecule has 1 aromatic rings. The summed E-state index contributed by atoms with van der Waals surface area (Å²) in [6.45, 7) is 3.38. The van der Waals surface area contributed by atoms with Crippen LogP contribution in [0.3, 0.4) is 0 Å². The first-order valence-electron chi connectivity index (χ1n) is 9.26. The highest BCUT2D eigenvalue weighted by Gasteiger charge is 2.30. The molecule has 2 aliphatic heterocycles. The zero-order valence-corrected chi connectivity index (χ0v) is 15.2. The molecule has 1 aromatic carbocycles. The molecule has 2 heterocycles. The molecule has 0 spiro atoms. The second-order valence-electron chi connectivity index (χ2n) is 6.96. The SMILES string of the molecule is COc1cc(CNC(=O)C2CCN(C(=O)N3CCCC3)CC2)ccc1O. The molecule has 2 aliphatic rings. The largest absolute Gasteiger partial charge is 0.504 e. The molecule has 0 unspecified atom stereocenters. The Hall–Kier alpha value is -2.44. The number of benzene rings is 1. The van der Waals surface area contributed by atoms with E-state index >= 15 is 0 Å². The standard InChI is InChI=1S/C19H27N3O4/c1-26-17-12-14(4-5-16(17)23)13-20-18(24)15-6-10-22(11-7-15)19(25)21-8-2-3-9-21/h4-5,12,15,23H,2-3,6-11,13H2,1H3,(H,20,24). The van der Waals surface area contributed by atoms with Crippen LogP contribution < -0.4 is 10.1 Å². The number of hydrogen-bond donors (Lipinski definition) is 2. The second-order valence-corrected chi connectivity index (χ2v) is 6.96. The van der Waals surface area contributed by atoms with Crippen molar-refractivity contribution in [2.75, 3.05) is 33.3 Å². The van der Waals surface area contributed by atoms with Crippen LogP contribution in [0.1, 0.15) is 31.2 Å². The van der Waals surface area contributed by atoms with Gasteiger partial charge in [0.2, 0.25) is 5.91 Å². The molecular formula is C19H27N3O4. The molecule has 7 nitrogen and oxygen atoms in total. The highest BCUT2D eigenvalue weighted by Crippen LogP contribution is 2.26. The molecule has 2 saturated heterocycles. The van der Waals surface area contributed by atoms with Crippen LogP contribution in [0.4, 0.5) is 4.79 Å². The van der Waals surface area contributed by atoms with E-state index in [1.165, 1.54) is 7.11 Å². The topological polar surface area (TPSA) is 82.1 Å². The Kier molecular flexibility index (Phi) is 5.85. The lowest BCUT2D eigenvalue weighted by Crippen LogP contribution is -2.47. The Morgan fingerprint density at radius 1 is 1.15 bits per heavy atom. The van der Waals surface area contributed by atoms with Gasteiger partial charge >= 0.3 is 6.03 Å². The quantitative estimate of drug-likeness (QED) is 0.859. The fourth-order valence-corrected chi connectivity index (χ4v) is 3.61. The highest BCUT2D eigenvalue weighted by molar-refractivity contribution is 5.79. The highest BCUT2D eigenvalue weighted by atomic mass is 16.5. The lowest BCUT2D eigenvalue weighted by molar-refractivity contribution is -0.126. The molecule has 3 amide bonds. The van der Waals surface area contributed by atoms with E-state index in [1.807, 2.05) is 9.80 Å². The van der Waals surface area contributed by atoms with Gasteiger partial charge in [0.05, 0.1) is 7.11 Å². The molecule has 142 valence electrons. The molecule has 26 heavy (non-hydrogen) atoms. The molecular weight excluding hydrogens is 334 g/mol. The Morgan fingerprint density at radius 3 is 2.46 bits per heavy atom. The maximum atomic E-state index is 12.4. The van der Waals surface area contributed by atoms with Crippen LogP contribution in [-0.2, 0) is 11.3 Å². The molecule has 0 atom stereocenters. The maximum absolute atomic E-state index is 12.4. The molecule has 2 N–H and O–H groups in total. The van der Waals surface area contributed by atoms with Gasteiger partial charge in [-0.05, 0) is 43.4 Å². The first-order valence-corrected chi connectivity index (χ1v) is 9.26. The average Bonchev–Trinajstić information content (AvgIpc) is 3.21. The number of carbonyl (C=O) groups is 2. The fraction of sp³-hybridized carbons (Fsp3) is 0.579. The molecule has 2 fully saturated rings. The second kappa shape index (κ2) is 8.29. The molecule has 0 aliphatic carbocycles. The first-order chi connectivity index (χ1) is 12.6. The number of ether oxygens (including phenoxy) is 1. The number of likely N-dealkylation sites (tertiary alicyclic amines) is 2. The predicted molar refractivity (Wildman–Crippen MR) is 97.0 cm³/mol. The summed E-state index contributed by atoms with van der Waals surface area (Å²) in [5.74, 6) is 0.435. The van der Waals surface area contributed by atoms with Crippen molar-refractivity contribution in [2.45, 2.75) is 32.2 Å². The van der Waals surface area contributed by atoms with Crippen LogP contribution in [-0.4, -0.2) is 60.1 Å². The molecule has 0 radical (unpaired) electrons. The van der Waals surface area contributed by atoms with Gasteiger partial charge in [0, 0.05) is 38.6 Å². The van der Waals surface area contributed by atoms with E-state index in [-0.39, 0.29) is 23.6 Å².